The first-order chi connectivity index (χ1) is 13.8. The SMILES string of the molecule is O=C(c1cn(C[C@@H]2CCCN(CCCc3ccccc3)C2)nn1)N1CCCC1. The van der Waals surface area contributed by atoms with Crippen molar-refractivity contribution in [1.82, 2.24) is 24.8 Å². The van der Waals surface area contributed by atoms with Crippen LogP contribution in [0.3, 0.4) is 0 Å². The summed E-state index contributed by atoms with van der Waals surface area (Å²) >= 11 is 0. The van der Waals surface area contributed by atoms with E-state index >= 15 is 0 Å². The second kappa shape index (κ2) is 9.32. The topological polar surface area (TPSA) is 54.3 Å². The summed E-state index contributed by atoms with van der Waals surface area (Å²) in [4.78, 5) is 16.9. The van der Waals surface area contributed by atoms with Gasteiger partial charge in [-0.2, -0.15) is 0 Å². The number of rotatable bonds is 7. The van der Waals surface area contributed by atoms with Gasteiger partial charge in [0.2, 0.25) is 0 Å². The molecule has 28 heavy (non-hydrogen) atoms. The van der Waals surface area contributed by atoms with Gasteiger partial charge in [0.25, 0.3) is 5.91 Å². The summed E-state index contributed by atoms with van der Waals surface area (Å²) in [5, 5.41) is 8.37. The lowest BCUT2D eigenvalue weighted by atomic mass is 9.97. The fraction of sp³-hybridized carbons (Fsp3) is 0.591. The summed E-state index contributed by atoms with van der Waals surface area (Å²) in [5.74, 6) is 0.622. The summed E-state index contributed by atoms with van der Waals surface area (Å²) < 4.78 is 1.88. The smallest absolute Gasteiger partial charge is 0.276 e. The van der Waals surface area contributed by atoms with Gasteiger partial charge in [-0.25, -0.2) is 0 Å². The van der Waals surface area contributed by atoms with E-state index < -0.39 is 0 Å². The van der Waals surface area contributed by atoms with E-state index in [0.717, 1.165) is 52.0 Å². The highest BCUT2D eigenvalue weighted by Gasteiger charge is 2.24. The average Bonchev–Trinajstić information content (AvgIpc) is 3.41. The Bertz CT molecular complexity index is 753. The molecule has 0 N–H and O–H groups in total. The first kappa shape index (κ1) is 19.1. The van der Waals surface area contributed by atoms with Crippen LogP contribution in [-0.2, 0) is 13.0 Å². The van der Waals surface area contributed by atoms with Gasteiger partial charge < -0.3 is 9.80 Å². The number of carbonyl (C=O) groups is 1. The van der Waals surface area contributed by atoms with Crippen molar-refractivity contribution >= 4 is 5.91 Å². The molecular weight excluding hydrogens is 350 g/mol. The van der Waals surface area contributed by atoms with E-state index in [2.05, 4.69) is 45.5 Å². The largest absolute Gasteiger partial charge is 0.337 e. The third-order valence-electron chi connectivity index (χ3n) is 5.98. The lowest BCUT2D eigenvalue weighted by Crippen LogP contribution is -2.37. The maximum absolute atomic E-state index is 12.4. The molecule has 0 bridgehead atoms. The first-order valence-corrected chi connectivity index (χ1v) is 10.7. The number of hydrogen-bond donors (Lipinski definition) is 0. The summed E-state index contributed by atoms with van der Waals surface area (Å²) in [6.45, 7) is 6.03. The van der Waals surface area contributed by atoms with Crippen molar-refractivity contribution in [3.05, 3.63) is 47.8 Å². The van der Waals surface area contributed by atoms with E-state index in [0.29, 0.717) is 11.6 Å². The molecule has 6 heteroatoms. The molecule has 0 aliphatic carbocycles. The van der Waals surface area contributed by atoms with Crippen molar-refractivity contribution < 1.29 is 4.79 Å². The molecule has 1 amide bonds. The Morgan fingerprint density at radius 3 is 2.71 bits per heavy atom. The predicted octanol–water partition coefficient (Wildman–Crippen LogP) is 2.86. The molecule has 1 aromatic carbocycles. The van der Waals surface area contributed by atoms with Crippen LogP contribution in [0.15, 0.2) is 36.5 Å². The molecular formula is C22H31N5O. The van der Waals surface area contributed by atoms with Crippen molar-refractivity contribution in [1.29, 1.82) is 0 Å². The molecule has 0 saturated carbocycles. The van der Waals surface area contributed by atoms with Gasteiger partial charge in [0.15, 0.2) is 5.69 Å². The zero-order valence-corrected chi connectivity index (χ0v) is 16.7. The third-order valence-corrected chi connectivity index (χ3v) is 5.98. The van der Waals surface area contributed by atoms with Gasteiger partial charge in [0.05, 0.1) is 6.20 Å². The highest BCUT2D eigenvalue weighted by molar-refractivity contribution is 5.92. The highest BCUT2D eigenvalue weighted by atomic mass is 16.2. The van der Waals surface area contributed by atoms with Crippen LogP contribution in [0.25, 0.3) is 0 Å². The van der Waals surface area contributed by atoms with Crippen LogP contribution >= 0.6 is 0 Å². The summed E-state index contributed by atoms with van der Waals surface area (Å²) in [7, 11) is 0. The molecule has 2 aliphatic rings. The van der Waals surface area contributed by atoms with Gasteiger partial charge >= 0.3 is 0 Å². The molecule has 2 aliphatic heterocycles. The number of piperidine rings is 1. The van der Waals surface area contributed by atoms with Gasteiger partial charge in [-0.3, -0.25) is 9.48 Å². The summed E-state index contributed by atoms with van der Waals surface area (Å²) in [5.41, 5.74) is 1.92. The minimum atomic E-state index is 0.0370. The Labute approximate surface area is 167 Å². The number of benzene rings is 1. The number of aromatic nitrogens is 3. The van der Waals surface area contributed by atoms with E-state index in [4.69, 9.17) is 0 Å². The van der Waals surface area contributed by atoms with E-state index in [1.54, 1.807) is 0 Å². The zero-order chi connectivity index (χ0) is 19.2. The molecule has 0 unspecified atom stereocenters. The minimum Gasteiger partial charge on any atom is -0.337 e. The lowest BCUT2D eigenvalue weighted by Gasteiger charge is -2.32. The van der Waals surface area contributed by atoms with Gasteiger partial charge in [0, 0.05) is 26.2 Å². The van der Waals surface area contributed by atoms with E-state index in [1.807, 2.05) is 15.8 Å². The van der Waals surface area contributed by atoms with Crippen LogP contribution in [0, 0.1) is 5.92 Å². The van der Waals surface area contributed by atoms with Gasteiger partial charge in [-0.1, -0.05) is 35.5 Å². The molecule has 6 nitrogen and oxygen atoms in total. The Morgan fingerprint density at radius 1 is 1.07 bits per heavy atom. The van der Waals surface area contributed by atoms with E-state index in [9.17, 15) is 4.79 Å². The van der Waals surface area contributed by atoms with Crippen LogP contribution in [0.1, 0.15) is 48.2 Å². The molecule has 0 spiro atoms. The molecule has 0 radical (unpaired) electrons. The van der Waals surface area contributed by atoms with E-state index in [-0.39, 0.29) is 5.91 Å². The number of carbonyl (C=O) groups excluding carboxylic acids is 1. The highest BCUT2D eigenvalue weighted by Crippen LogP contribution is 2.19. The van der Waals surface area contributed by atoms with Gasteiger partial charge in [-0.05, 0) is 63.1 Å². The Morgan fingerprint density at radius 2 is 1.89 bits per heavy atom. The summed E-state index contributed by atoms with van der Waals surface area (Å²) in [6, 6.07) is 10.7. The predicted molar refractivity (Wildman–Crippen MR) is 109 cm³/mol. The third kappa shape index (κ3) is 4.98. The average molecular weight is 382 g/mol. The maximum Gasteiger partial charge on any atom is 0.276 e. The number of amides is 1. The second-order valence-corrected chi connectivity index (χ2v) is 8.22. The standard InChI is InChI=1S/C22H31N5O/c28-22(26-14-4-5-15-26)21-18-27(24-23-21)17-20-11-7-13-25(16-20)12-6-10-19-8-2-1-3-9-19/h1-3,8-9,18,20H,4-7,10-17H2/t20-/m1/s1. The second-order valence-electron chi connectivity index (χ2n) is 8.22. The molecule has 150 valence electrons. The van der Waals surface area contributed by atoms with Crippen LogP contribution in [0.4, 0.5) is 0 Å². The van der Waals surface area contributed by atoms with Gasteiger partial charge in [-0.15, -0.1) is 5.10 Å². The van der Waals surface area contributed by atoms with Crippen molar-refractivity contribution in [3.63, 3.8) is 0 Å². The normalized spacial score (nSPS) is 20.6. The molecule has 2 aromatic rings. The fourth-order valence-electron chi connectivity index (χ4n) is 4.49. The number of nitrogens with zero attached hydrogens (tertiary/aromatic N) is 5. The van der Waals surface area contributed by atoms with E-state index in [1.165, 1.54) is 31.4 Å². The molecule has 2 fully saturated rings. The van der Waals surface area contributed by atoms with Gasteiger partial charge in [0.1, 0.15) is 0 Å². The van der Waals surface area contributed by atoms with Crippen molar-refractivity contribution in [2.24, 2.45) is 5.92 Å². The van der Waals surface area contributed by atoms with Crippen LogP contribution in [0.5, 0.6) is 0 Å². The van der Waals surface area contributed by atoms with Crippen molar-refractivity contribution in [2.45, 2.75) is 45.1 Å². The lowest BCUT2D eigenvalue weighted by molar-refractivity contribution is 0.0787. The zero-order valence-electron chi connectivity index (χ0n) is 16.7. The Hall–Kier alpha value is -2.21. The minimum absolute atomic E-state index is 0.0370. The van der Waals surface area contributed by atoms with Crippen molar-refractivity contribution in [3.8, 4) is 0 Å². The number of likely N-dealkylation sites (tertiary alicyclic amines) is 2. The quantitative estimate of drug-likeness (QED) is 0.740. The first-order valence-electron chi connectivity index (χ1n) is 10.7. The van der Waals surface area contributed by atoms with Crippen LogP contribution in [0.2, 0.25) is 0 Å². The molecule has 1 atom stereocenters. The summed E-state index contributed by atoms with van der Waals surface area (Å²) in [6.07, 6.45) is 8.86. The molecule has 3 heterocycles. The van der Waals surface area contributed by atoms with Crippen LogP contribution < -0.4 is 0 Å². The fourth-order valence-corrected chi connectivity index (χ4v) is 4.49. The maximum atomic E-state index is 12.4. The van der Waals surface area contributed by atoms with Crippen LogP contribution in [-0.4, -0.2) is 63.4 Å². The molecule has 4 rings (SSSR count). The van der Waals surface area contributed by atoms with Crippen molar-refractivity contribution in [2.75, 3.05) is 32.7 Å². The molecule has 1 aromatic heterocycles. The Balaban J connectivity index is 1.24. The molecule has 2 saturated heterocycles. The monoisotopic (exact) mass is 381 g/mol. The number of aryl methyl sites for hydroxylation is 1. The Kier molecular flexibility index (Phi) is 6.37. The number of hydrogen-bond acceptors (Lipinski definition) is 4.